The molecule has 0 aromatic heterocycles. The first kappa shape index (κ1) is 9.51. The van der Waals surface area contributed by atoms with Gasteiger partial charge in [-0.25, -0.2) is 0 Å². The van der Waals surface area contributed by atoms with E-state index in [0.29, 0.717) is 6.61 Å². The van der Waals surface area contributed by atoms with Crippen molar-refractivity contribution in [3.8, 4) is 0 Å². The Hall–Kier alpha value is 0.420. The highest BCUT2D eigenvalue weighted by Gasteiger charge is 2.13. The van der Waals surface area contributed by atoms with Crippen LogP contribution in [-0.4, -0.2) is 18.1 Å². The molecule has 1 aliphatic heterocycles. The molecular weight excluding hydrogens is 179 g/mol. The van der Waals surface area contributed by atoms with Crippen LogP contribution in [0.2, 0.25) is 0 Å². The second-order valence-electron chi connectivity index (χ2n) is 2.94. The molecule has 1 nitrogen and oxygen atoms in total. The monoisotopic (exact) mass is 192 g/mol. The molecular formula is C8H14ClOP. The zero-order valence-electron chi connectivity index (χ0n) is 7.01. The molecule has 0 aromatic carbocycles. The molecule has 2 atom stereocenters. The fourth-order valence-electron chi connectivity index (χ4n) is 0.962. The SMILES string of the molecule is CC1=CP(OCC(C)Cl)CC1. The maximum atomic E-state index is 5.76. The Morgan fingerprint density at radius 2 is 2.55 bits per heavy atom. The maximum Gasteiger partial charge on any atom is 0.0674 e. The highest BCUT2D eigenvalue weighted by atomic mass is 35.5. The summed E-state index contributed by atoms with van der Waals surface area (Å²) in [6.07, 6.45) is 2.41. The minimum atomic E-state index is -0.263. The van der Waals surface area contributed by atoms with Crippen LogP contribution in [0.5, 0.6) is 0 Å². The molecule has 0 fully saturated rings. The first-order chi connectivity index (χ1) is 5.18. The van der Waals surface area contributed by atoms with Crippen LogP contribution in [0.25, 0.3) is 0 Å². The summed E-state index contributed by atoms with van der Waals surface area (Å²) in [6.45, 7) is 4.82. The summed E-state index contributed by atoms with van der Waals surface area (Å²) in [7, 11) is -0.263. The molecule has 1 aliphatic rings. The second kappa shape index (κ2) is 4.45. The number of halogens is 1. The highest BCUT2D eigenvalue weighted by molar-refractivity contribution is 7.56. The Morgan fingerprint density at radius 1 is 1.82 bits per heavy atom. The fourth-order valence-corrected chi connectivity index (χ4v) is 3.05. The smallest absolute Gasteiger partial charge is 0.0674 e. The standard InChI is InChI=1S/C8H14ClOP/c1-7-3-4-11(6-7)10-5-8(2)9/h6,8H,3-5H2,1-2H3. The predicted molar refractivity (Wildman–Crippen MR) is 51.4 cm³/mol. The minimum absolute atomic E-state index is 0.145. The summed E-state index contributed by atoms with van der Waals surface area (Å²) in [5, 5.41) is 0.145. The van der Waals surface area contributed by atoms with Gasteiger partial charge in [0.1, 0.15) is 0 Å². The van der Waals surface area contributed by atoms with Crippen LogP contribution in [0.15, 0.2) is 11.4 Å². The molecule has 1 rings (SSSR count). The van der Waals surface area contributed by atoms with Crippen LogP contribution in [0, 0.1) is 0 Å². The quantitative estimate of drug-likeness (QED) is 0.492. The average molecular weight is 193 g/mol. The van der Waals surface area contributed by atoms with Gasteiger partial charge >= 0.3 is 0 Å². The highest BCUT2D eigenvalue weighted by Crippen LogP contribution is 2.46. The van der Waals surface area contributed by atoms with Crippen LogP contribution in [-0.2, 0) is 4.52 Å². The Balaban J connectivity index is 2.18. The summed E-state index contributed by atoms with van der Waals surface area (Å²) in [6, 6.07) is 0. The van der Waals surface area contributed by atoms with Gasteiger partial charge in [0.05, 0.1) is 20.1 Å². The van der Waals surface area contributed by atoms with E-state index in [9.17, 15) is 0 Å². The first-order valence-corrected chi connectivity index (χ1v) is 5.84. The molecule has 3 heteroatoms. The van der Waals surface area contributed by atoms with Gasteiger partial charge in [0.25, 0.3) is 0 Å². The van der Waals surface area contributed by atoms with Crippen molar-refractivity contribution in [2.24, 2.45) is 0 Å². The van der Waals surface area contributed by atoms with Gasteiger partial charge in [-0.3, -0.25) is 0 Å². The number of allylic oxidation sites excluding steroid dienone is 1. The number of alkyl halides is 1. The van der Waals surface area contributed by atoms with E-state index in [1.807, 2.05) is 6.92 Å². The van der Waals surface area contributed by atoms with E-state index < -0.39 is 0 Å². The van der Waals surface area contributed by atoms with E-state index in [4.69, 9.17) is 16.1 Å². The Morgan fingerprint density at radius 3 is 3.00 bits per heavy atom. The maximum absolute atomic E-state index is 5.76. The molecule has 0 amide bonds. The third-order valence-electron chi connectivity index (χ3n) is 1.56. The Bertz CT molecular complexity index is 156. The van der Waals surface area contributed by atoms with Gasteiger partial charge in [0.2, 0.25) is 0 Å². The average Bonchev–Trinajstić information content (AvgIpc) is 2.31. The third-order valence-corrected chi connectivity index (χ3v) is 3.56. The fraction of sp³-hybridized carbons (Fsp3) is 0.750. The summed E-state index contributed by atoms with van der Waals surface area (Å²) in [5.41, 5.74) is 1.47. The van der Waals surface area contributed by atoms with Crippen LogP contribution in [0.1, 0.15) is 20.3 Å². The zero-order chi connectivity index (χ0) is 8.27. The Kier molecular flexibility index (Phi) is 3.84. The van der Waals surface area contributed by atoms with Gasteiger partial charge in [0.15, 0.2) is 0 Å². The van der Waals surface area contributed by atoms with Gasteiger partial charge in [-0.1, -0.05) is 5.57 Å². The summed E-state index contributed by atoms with van der Waals surface area (Å²) in [5.74, 6) is 2.26. The van der Waals surface area contributed by atoms with Crippen LogP contribution in [0.3, 0.4) is 0 Å². The molecule has 11 heavy (non-hydrogen) atoms. The van der Waals surface area contributed by atoms with Crippen molar-refractivity contribution in [1.29, 1.82) is 0 Å². The van der Waals surface area contributed by atoms with Gasteiger partial charge in [-0.05, 0) is 32.2 Å². The normalized spacial score (nSPS) is 26.8. The molecule has 0 aromatic rings. The zero-order valence-corrected chi connectivity index (χ0v) is 8.66. The van der Waals surface area contributed by atoms with Crippen LogP contribution < -0.4 is 0 Å². The molecule has 0 aliphatic carbocycles. The van der Waals surface area contributed by atoms with Gasteiger partial charge in [0, 0.05) is 0 Å². The number of hydrogen-bond donors (Lipinski definition) is 0. The van der Waals surface area contributed by atoms with Gasteiger partial charge < -0.3 is 4.52 Å². The second-order valence-corrected chi connectivity index (χ2v) is 5.49. The van der Waals surface area contributed by atoms with E-state index >= 15 is 0 Å². The molecule has 1 heterocycles. The molecule has 0 saturated carbocycles. The number of hydrogen-bond acceptors (Lipinski definition) is 1. The van der Waals surface area contributed by atoms with Crippen molar-refractivity contribution >= 4 is 19.7 Å². The topological polar surface area (TPSA) is 9.23 Å². The summed E-state index contributed by atoms with van der Waals surface area (Å²) in [4.78, 5) is 0. The van der Waals surface area contributed by atoms with E-state index in [1.165, 1.54) is 18.2 Å². The molecule has 0 radical (unpaired) electrons. The molecule has 2 unspecified atom stereocenters. The van der Waals surface area contributed by atoms with Crippen molar-refractivity contribution in [2.75, 3.05) is 12.8 Å². The van der Waals surface area contributed by atoms with E-state index in [0.717, 1.165) is 0 Å². The van der Waals surface area contributed by atoms with Crippen LogP contribution in [0.4, 0.5) is 0 Å². The minimum Gasteiger partial charge on any atom is -0.354 e. The summed E-state index contributed by atoms with van der Waals surface area (Å²) >= 11 is 5.76. The van der Waals surface area contributed by atoms with E-state index in [1.54, 1.807) is 0 Å². The molecule has 64 valence electrons. The van der Waals surface area contributed by atoms with Crippen LogP contribution >= 0.6 is 19.7 Å². The lowest BCUT2D eigenvalue weighted by Crippen LogP contribution is -2.00. The third kappa shape index (κ3) is 3.55. The van der Waals surface area contributed by atoms with Crippen molar-refractivity contribution in [2.45, 2.75) is 25.6 Å². The lowest BCUT2D eigenvalue weighted by atomic mass is 10.3. The summed E-state index contributed by atoms with van der Waals surface area (Å²) < 4.78 is 5.59. The molecule has 0 bridgehead atoms. The predicted octanol–water partition coefficient (Wildman–Crippen LogP) is 3.33. The first-order valence-electron chi connectivity index (χ1n) is 3.89. The number of rotatable bonds is 3. The molecule has 0 N–H and O–H groups in total. The lowest BCUT2D eigenvalue weighted by molar-refractivity contribution is 0.360. The molecule has 0 spiro atoms. The van der Waals surface area contributed by atoms with Gasteiger partial charge in [-0.2, -0.15) is 0 Å². The van der Waals surface area contributed by atoms with E-state index in [-0.39, 0.29) is 13.5 Å². The van der Waals surface area contributed by atoms with Crippen molar-refractivity contribution in [3.05, 3.63) is 11.4 Å². The van der Waals surface area contributed by atoms with Gasteiger partial charge in [-0.15, -0.1) is 11.6 Å². The van der Waals surface area contributed by atoms with Crippen molar-refractivity contribution < 1.29 is 4.52 Å². The van der Waals surface area contributed by atoms with E-state index in [2.05, 4.69) is 12.7 Å². The van der Waals surface area contributed by atoms with Crippen molar-refractivity contribution in [1.82, 2.24) is 0 Å². The lowest BCUT2D eigenvalue weighted by Gasteiger charge is -2.09. The molecule has 0 saturated heterocycles. The largest absolute Gasteiger partial charge is 0.354 e. The Labute approximate surface area is 74.6 Å². The van der Waals surface area contributed by atoms with Crippen molar-refractivity contribution in [3.63, 3.8) is 0 Å².